The van der Waals surface area contributed by atoms with E-state index in [0.29, 0.717) is 25.1 Å². The summed E-state index contributed by atoms with van der Waals surface area (Å²) >= 11 is 0. The van der Waals surface area contributed by atoms with Crippen LogP contribution in [-0.2, 0) is 11.3 Å². The van der Waals surface area contributed by atoms with E-state index < -0.39 is 0 Å². The zero-order valence-corrected chi connectivity index (χ0v) is 12.9. The van der Waals surface area contributed by atoms with Crippen LogP contribution in [-0.4, -0.2) is 12.5 Å². The van der Waals surface area contributed by atoms with E-state index in [1.54, 1.807) is 18.2 Å². The number of benzene rings is 2. The first kappa shape index (κ1) is 16.2. The lowest BCUT2D eigenvalue weighted by atomic mass is 10.1. The van der Waals surface area contributed by atoms with Crippen molar-refractivity contribution in [3.8, 4) is 0 Å². The Hall–Kier alpha value is -2.20. The summed E-state index contributed by atoms with van der Waals surface area (Å²) in [7, 11) is 0. The summed E-state index contributed by atoms with van der Waals surface area (Å²) in [5.41, 5.74) is 3.58. The van der Waals surface area contributed by atoms with E-state index in [-0.39, 0.29) is 11.7 Å². The Labute approximate surface area is 130 Å². The highest BCUT2D eigenvalue weighted by molar-refractivity contribution is 5.92. The molecule has 116 valence electrons. The molecule has 1 amide bonds. The molecule has 2 aromatic rings. The van der Waals surface area contributed by atoms with Gasteiger partial charge >= 0.3 is 0 Å². The molecule has 0 unspecified atom stereocenters. The minimum Gasteiger partial charge on any atom is -0.326 e. The monoisotopic (exact) mass is 300 g/mol. The van der Waals surface area contributed by atoms with Crippen LogP contribution in [0.3, 0.4) is 0 Å². The van der Waals surface area contributed by atoms with E-state index >= 15 is 0 Å². The van der Waals surface area contributed by atoms with Gasteiger partial charge in [-0.15, -0.1) is 0 Å². The first-order valence-corrected chi connectivity index (χ1v) is 7.38. The standard InChI is InChI=1S/C18H21FN2O/c1-13-6-5-7-14(2)18(13)21-17(22)10-11-20-12-15-8-3-4-9-16(15)19/h3-9,20H,10-12H2,1-2H3,(H,21,22). The van der Waals surface area contributed by atoms with Crippen LogP contribution < -0.4 is 10.6 Å². The topological polar surface area (TPSA) is 41.1 Å². The molecule has 0 saturated heterocycles. The first-order chi connectivity index (χ1) is 10.6. The average Bonchev–Trinajstić information content (AvgIpc) is 2.49. The summed E-state index contributed by atoms with van der Waals surface area (Å²) < 4.78 is 13.4. The first-order valence-electron chi connectivity index (χ1n) is 7.38. The molecule has 0 saturated carbocycles. The quantitative estimate of drug-likeness (QED) is 0.801. The summed E-state index contributed by atoms with van der Waals surface area (Å²) in [5.74, 6) is -0.270. The second kappa shape index (κ2) is 7.71. The van der Waals surface area contributed by atoms with Gasteiger partial charge in [0, 0.05) is 30.8 Å². The number of nitrogens with one attached hydrogen (secondary N) is 2. The smallest absolute Gasteiger partial charge is 0.225 e. The average molecular weight is 300 g/mol. The Kier molecular flexibility index (Phi) is 5.67. The summed E-state index contributed by atoms with van der Waals surface area (Å²) in [5, 5.41) is 6.02. The van der Waals surface area contributed by atoms with Gasteiger partial charge in [-0.25, -0.2) is 4.39 Å². The lowest BCUT2D eigenvalue weighted by Gasteiger charge is -2.11. The molecule has 0 bridgehead atoms. The number of aryl methyl sites for hydroxylation is 2. The maximum Gasteiger partial charge on any atom is 0.225 e. The number of halogens is 1. The van der Waals surface area contributed by atoms with E-state index in [0.717, 1.165) is 16.8 Å². The molecular formula is C18H21FN2O. The highest BCUT2D eigenvalue weighted by Gasteiger charge is 2.07. The van der Waals surface area contributed by atoms with Crippen LogP contribution >= 0.6 is 0 Å². The Morgan fingerprint density at radius 2 is 1.73 bits per heavy atom. The Balaban J connectivity index is 1.78. The van der Waals surface area contributed by atoms with Crippen molar-refractivity contribution < 1.29 is 9.18 Å². The Morgan fingerprint density at radius 1 is 1.05 bits per heavy atom. The van der Waals surface area contributed by atoms with Gasteiger partial charge in [-0.1, -0.05) is 36.4 Å². The summed E-state index contributed by atoms with van der Waals surface area (Å²) in [6.07, 6.45) is 0.349. The Bertz CT molecular complexity index is 635. The molecule has 0 radical (unpaired) electrons. The molecule has 2 aromatic carbocycles. The zero-order valence-electron chi connectivity index (χ0n) is 12.9. The normalized spacial score (nSPS) is 10.5. The largest absolute Gasteiger partial charge is 0.326 e. The molecule has 0 spiro atoms. The van der Waals surface area contributed by atoms with Crippen LogP contribution in [0.1, 0.15) is 23.1 Å². The molecule has 0 heterocycles. The highest BCUT2D eigenvalue weighted by Crippen LogP contribution is 2.19. The molecule has 4 heteroatoms. The van der Waals surface area contributed by atoms with E-state index in [4.69, 9.17) is 0 Å². The molecule has 22 heavy (non-hydrogen) atoms. The van der Waals surface area contributed by atoms with Crippen LogP contribution in [0, 0.1) is 19.7 Å². The number of hydrogen-bond acceptors (Lipinski definition) is 2. The van der Waals surface area contributed by atoms with Crippen LogP contribution in [0.2, 0.25) is 0 Å². The summed E-state index contributed by atoms with van der Waals surface area (Å²) in [6.45, 7) is 4.87. The van der Waals surface area contributed by atoms with Gasteiger partial charge in [0.2, 0.25) is 5.91 Å². The van der Waals surface area contributed by atoms with E-state index in [1.165, 1.54) is 6.07 Å². The van der Waals surface area contributed by atoms with Gasteiger partial charge in [-0.05, 0) is 31.0 Å². The number of anilines is 1. The molecule has 0 aliphatic rings. The van der Waals surface area contributed by atoms with Crippen molar-refractivity contribution in [1.29, 1.82) is 0 Å². The molecule has 0 aromatic heterocycles. The number of para-hydroxylation sites is 1. The fraction of sp³-hybridized carbons (Fsp3) is 0.278. The molecule has 0 atom stereocenters. The third-order valence-electron chi connectivity index (χ3n) is 3.55. The third-order valence-corrected chi connectivity index (χ3v) is 3.55. The zero-order chi connectivity index (χ0) is 15.9. The van der Waals surface area contributed by atoms with Gasteiger partial charge in [0.05, 0.1) is 0 Å². The number of hydrogen-bond donors (Lipinski definition) is 2. The molecule has 0 aliphatic heterocycles. The molecule has 2 N–H and O–H groups in total. The minimum atomic E-state index is -0.227. The van der Waals surface area contributed by atoms with Crippen LogP contribution in [0.25, 0.3) is 0 Å². The van der Waals surface area contributed by atoms with Crippen molar-refractivity contribution in [3.05, 3.63) is 65.0 Å². The maximum absolute atomic E-state index is 13.4. The van der Waals surface area contributed by atoms with Crippen LogP contribution in [0.15, 0.2) is 42.5 Å². The van der Waals surface area contributed by atoms with Crippen molar-refractivity contribution in [2.75, 3.05) is 11.9 Å². The predicted octanol–water partition coefficient (Wildman–Crippen LogP) is 3.56. The van der Waals surface area contributed by atoms with Crippen molar-refractivity contribution in [2.24, 2.45) is 0 Å². The van der Waals surface area contributed by atoms with Crippen molar-refractivity contribution >= 4 is 11.6 Å². The fourth-order valence-electron chi connectivity index (χ4n) is 2.28. The highest BCUT2D eigenvalue weighted by atomic mass is 19.1. The SMILES string of the molecule is Cc1cccc(C)c1NC(=O)CCNCc1ccccc1F. The van der Waals surface area contributed by atoms with Gasteiger partial charge in [0.15, 0.2) is 0 Å². The van der Waals surface area contributed by atoms with E-state index in [2.05, 4.69) is 10.6 Å². The predicted molar refractivity (Wildman–Crippen MR) is 87.3 cm³/mol. The molecule has 2 rings (SSSR count). The third kappa shape index (κ3) is 4.40. The van der Waals surface area contributed by atoms with Gasteiger partial charge in [0.25, 0.3) is 0 Å². The summed E-state index contributed by atoms with van der Waals surface area (Å²) in [6, 6.07) is 12.5. The van der Waals surface area contributed by atoms with Gasteiger partial charge < -0.3 is 10.6 Å². The van der Waals surface area contributed by atoms with E-state index in [9.17, 15) is 9.18 Å². The summed E-state index contributed by atoms with van der Waals surface area (Å²) in [4.78, 5) is 12.0. The number of rotatable bonds is 6. The van der Waals surface area contributed by atoms with Crippen LogP contribution in [0.4, 0.5) is 10.1 Å². The van der Waals surface area contributed by atoms with E-state index in [1.807, 2.05) is 32.0 Å². The minimum absolute atomic E-state index is 0.0431. The fourth-order valence-corrected chi connectivity index (χ4v) is 2.28. The molecule has 0 aliphatic carbocycles. The number of carbonyl (C=O) groups is 1. The molecule has 3 nitrogen and oxygen atoms in total. The lowest BCUT2D eigenvalue weighted by molar-refractivity contribution is -0.116. The van der Waals surface area contributed by atoms with Crippen molar-refractivity contribution in [1.82, 2.24) is 5.32 Å². The Morgan fingerprint density at radius 3 is 2.41 bits per heavy atom. The second-order valence-electron chi connectivity index (χ2n) is 5.33. The number of carbonyl (C=O) groups excluding carboxylic acids is 1. The lowest BCUT2D eigenvalue weighted by Crippen LogP contribution is -2.22. The second-order valence-corrected chi connectivity index (χ2v) is 5.33. The van der Waals surface area contributed by atoms with Crippen LogP contribution in [0.5, 0.6) is 0 Å². The van der Waals surface area contributed by atoms with Crippen molar-refractivity contribution in [3.63, 3.8) is 0 Å². The maximum atomic E-state index is 13.4. The van der Waals surface area contributed by atoms with Gasteiger partial charge in [0.1, 0.15) is 5.82 Å². The van der Waals surface area contributed by atoms with Gasteiger partial charge in [-0.3, -0.25) is 4.79 Å². The van der Waals surface area contributed by atoms with Crippen molar-refractivity contribution in [2.45, 2.75) is 26.8 Å². The van der Waals surface area contributed by atoms with Gasteiger partial charge in [-0.2, -0.15) is 0 Å². The molecule has 0 fully saturated rings. The number of amides is 1. The molecular weight excluding hydrogens is 279 g/mol.